The van der Waals surface area contributed by atoms with E-state index in [1.54, 1.807) is 0 Å². The quantitative estimate of drug-likeness (QED) is 0.652. The van der Waals surface area contributed by atoms with Gasteiger partial charge >= 0.3 is 0 Å². The summed E-state index contributed by atoms with van der Waals surface area (Å²) in [6.45, 7) is 4.32. The zero-order valence-electron chi connectivity index (χ0n) is 8.34. The highest BCUT2D eigenvalue weighted by Crippen LogP contribution is 2.29. The largest absolute Gasteiger partial charge is 0.329 e. The van der Waals surface area contributed by atoms with Gasteiger partial charge in [0, 0.05) is 31.7 Å². The van der Waals surface area contributed by atoms with Gasteiger partial charge in [-0.2, -0.15) is 0 Å². The molecule has 3 heteroatoms. The number of nitrogens with one attached hydrogen (secondary N) is 1. The molecule has 0 bridgehead atoms. The molecule has 1 atom stereocenters. The highest BCUT2D eigenvalue weighted by Gasteiger charge is 2.32. The first-order valence-electron chi connectivity index (χ1n) is 5.57. The maximum absolute atomic E-state index is 5.48. The molecule has 2 aliphatic rings. The molecule has 0 amide bonds. The normalized spacial score (nSPS) is 30.7. The van der Waals surface area contributed by atoms with Gasteiger partial charge in [-0.25, -0.2) is 0 Å². The van der Waals surface area contributed by atoms with Crippen molar-refractivity contribution in [2.45, 2.75) is 37.8 Å². The van der Waals surface area contributed by atoms with Crippen LogP contribution in [0.1, 0.15) is 25.7 Å². The highest BCUT2D eigenvalue weighted by molar-refractivity contribution is 4.89. The number of piperidine rings is 1. The third-order valence-corrected chi connectivity index (χ3v) is 3.09. The fraction of sp³-hybridized carbons (Fsp3) is 1.00. The smallest absolute Gasteiger partial charge is 0.0196 e. The van der Waals surface area contributed by atoms with Gasteiger partial charge in [-0.3, -0.25) is 4.90 Å². The van der Waals surface area contributed by atoms with Gasteiger partial charge in [-0.15, -0.1) is 0 Å². The van der Waals surface area contributed by atoms with Crippen LogP contribution in [-0.4, -0.2) is 43.2 Å². The maximum Gasteiger partial charge on any atom is 0.0196 e. The van der Waals surface area contributed by atoms with Crippen LogP contribution in [0.2, 0.25) is 0 Å². The predicted octanol–water partition coefficient (Wildman–Crippen LogP) is 0.162. The number of nitrogens with zero attached hydrogens (tertiary/aromatic N) is 1. The van der Waals surface area contributed by atoms with Crippen LogP contribution in [-0.2, 0) is 0 Å². The van der Waals surface area contributed by atoms with Gasteiger partial charge in [0.05, 0.1) is 0 Å². The van der Waals surface area contributed by atoms with Crippen LogP contribution in [0.4, 0.5) is 0 Å². The van der Waals surface area contributed by atoms with Crippen molar-refractivity contribution in [3.63, 3.8) is 0 Å². The van der Waals surface area contributed by atoms with Gasteiger partial charge in [0.25, 0.3) is 0 Å². The molecule has 2 rings (SSSR count). The van der Waals surface area contributed by atoms with E-state index in [0.717, 1.165) is 19.1 Å². The average molecular weight is 183 g/mol. The molecular weight excluding hydrogens is 162 g/mol. The second kappa shape index (κ2) is 4.40. The Morgan fingerprint density at radius 2 is 2.15 bits per heavy atom. The number of hydrogen-bond donors (Lipinski definition) is 2. The molecule has 1 aliphatic heterocycles. The van der Waals surface area contributed by atoms with Crippen molar-refractivity contribution in [2.24, 2.45) is 5.73 Å². The van der Waals surface area contributed by atoms with E-state index in [1.165, 1.54) is 38.8 Å². The summed E-state index contributed by atoms with van der Waals surface area (Å²) in [5.41, 5.74) is 5.48. The van der Waals surface area contributed by atoms with Gasteiger partial charge in [-0.1, -0.05) is 0 Å². The summed E-state index contributed by atoms with van der Waals surface area (Å²) in [6.07, 6.45) is 5.56. The van der Waals surface area contributed by atoms with Crippen molar-refractivity contribution in [3.8, 4) is 0 Å². The van der Waals surface area contributed by atoms with Crippen LogP contribution in [0.25, 0.3) is 0 Å². The lowest BCUT2D eigenvalue weighted by atomic mass is 10.1. The lowest BCUT2D eigenvalue weighted by molar-refractivity contribution is 0.183. The molecule has 1 unspecified atom stereocenters. The second-order valence-corrected chi connectivity index (χ2v) is 4.31. The van der Waals surface area contributed by atoms with Crippen LogP contribution in [0.5, 0.6) is 0 Å². The third-order valence-electron chi connectivity index (χ3n) is 3.09. The molecule has 0 aromatic carbocycles. The van der Waals surface area contributed by atoms with Gasteiger partial charge in [0.15, 0.2) is 0 Å². The molecule has 1 saturated heterocycles. The molecule has 0 aromatic heterocycles. The molecule has 0 radical (unpaired) electrons. The highest BCUT2D eigenvalue weighted by atomic mass is 15.2. The van der Waals surface area contributed by atoms with Gasteiger partial charge < -0.3 is 11.1 Å². The predicted molar refractivity (Wildman–Crippen MR) is 54.7 cm³/mol. The monoisotopic (exact) mass is 183 g/mol. The lowest BCUT2D eigenvalue weighted by Gasteiger charge is -2.33. The van der Waals surface area contributed by atoms with Crippen molar-refractivity contribution in [1.82, 2.24) is 10.2 Å². The van der Waals surface area contributed by atoms with Gasteiger partial charge in [-0.05, 0) is 32.2 Å². The van der Waals surface area contributed by atoms with Gasteiger partial charge in [0.2, 0.25) is 0 Å². The van der Waals surface area contributed by atoms with E-state index in [9.17, 15) is 0 Å². The van der Waals surface area contributed by atoms with Crippen LogP contribution < -0.4 is 11.1 Å². The Bertz CT molecular complexity index is 156. The number of nitrogens with two attached hydrogens (primary N) is 1. The van der Waals surface area contributed by atoms with Crippen molar-refractivity contribution in [3.05, 3.63) is 0 Å². The molecule has 1 saturated carbocycles. The van der Waals surface area contributed by atoms with E-state index in [-0.39, 0.29) is 0 Å². The molecule has 76 valence electrons. The molecule has 1 heterocycles. The van der Waals surface area contributed by atoms with Crippen LogP contribution >= 0.6 is 0 Å². The zero-order valence-corrected chi connectivity index (χ0v) is 8.34. The Morgan fingerprint density at radius 3 is 2.85 bits per heavy atom. The van der Waals surface area contributed by atoms with Crippen molar-refractivity contribution >= 4 is 0 Å². The topological polar surface area (TPSA) is 41.3 Å². The summed E-state index contributed by atoms with van der Waals surface area (Å²) >= 11 is 0. The SMILES string of the molecule is NCCNC1CCCN(C2CC2)C1. The Hall–Kier alpha value is -0.120. The summed E-state index contributed by atoms with van der Waals surface area (Å²) in [5, 5.41) is 3.52. The molecule has 0 aromatic rings. The van der Waals surface area contributed by atoms with E-state index in [1.807, 2.05) is 0 Å². The van der Waals surface area contributed by atoms with Gasteiger partial charge in [0.1, 0.15) is 0 Å². The second-order valence-electron chi connectivity index (χ2n) is 4.31. The zero-order chi connectivity index (χ0) is 9.10. The maximum atomic E-state index is 5.48. The number of hydrogen-bond acceptors (Lipinski definition) is 3. The molecule has 2 fully saturated rings. The molecule has 13 heavy (non-hydrogen) atoms. The van der Waals surface area contributed by atoms with E-state index >= 15 is 0 Å². The summed E-state index contributed by atoms with van der Waals surface area (Å²) in [5.74, 6) is 0. The molecule has 3 nitrogen and oxygen atoms in total. The van der Waals surface area contributed by atoms with Crippen LogP contribution in [0.15, 0.2) is 0 Å². The number of rotatable bonds is 4. The minimum absolute atomic E-state index is 0.706. The van der Waals surface area contributed by atoms with Crippen molar-refractivity contribution in [2.75, 3.05) is 26.2 Å². The summed E-state index contributed by atoms with van der Waals surface area (Å²) in [7, 11) is 0. The van der Waals surface area contributed by atoms with Crippen LogP contribution in [0, 0.1) is 0 Å². The Morgan fingerprint density at radius 1 is 1.31 bits per heavy atom. The van der Waals surface area contributed by atoms with E-state index in [2.05, 4.69) is 10.2 Å². The molecule has 0 spiro atoms. The summed E-state index contributed by atoms with van der Waals surface area (Å²) < 4.78 is 0. The third kappa shape index (κ3) is 2.66. The first-order valence-corrected chi connectivity index (χ1v) is 5.57. The van der Waals surface area contributed by atoms with Crippen molar-refractivity contribution in [1.29, 1.82) is 0 Å². The molecule has 1 aliphatic carbocycles. The molecular formula is C10H21N3. The average Bonchev–Trinajstić information content (AvgIpc) is 2.98. The lowest BCUT2D eigenvalue weighted by Crippen LogP contribution is -2.47. The standard InChI is InChI=1S/C10H21N3/c11-5-6-12-9-2-1-7-13(8-9)10-3-4-10/h9-10,12H,1-8,11H2. The van der Waals surface area contributed by atoms with Crippen molar-refractivity contribution < 1.29 is 0 Å². The van der Waals surface area contributed by atoms with E-state index in [4.69, 9.17) is 5.73 Å². The Kier molecular flexibility index (Phi) is 3.19. The summed E-state index contributed by atoms with van der Waals surface area (Å²) in [6, 6.07) is 1.64. The first kappa shape index (κ1) is 9.44. The fourth-order valence-electron chi connectivity index (χ4n) is 2.23. The minimum Gasteiger partial charge on any atom is -0.329 e. The Balaban J connectivity index is 1.71. The van der Waals surface area contributed by atoms with E-state index in [0.29, 0.717) is 6.04 Å². The molecule has 3 N–H and O–H groups in total. The minimum atomic E-state index is 0.706. The fourth-order valence-corrected chi connectivity index (χ4v) is 2.23. The van der Waals surface area contributed by atoms with Crippen LogP contribution in [0.3, 0.4) is 0 Å². The first-order chi connectivity index (χ1) is 6.40. The summed E-state index contributed by atoms with van der Waals surface area (Å²) in [4.78, 5) is 2.65. The Labute approximate surface area is 80.7 Å². The number of likely N-dealkylation sites (tertiary alicyclic amines) is 1. The van der Waals surface area contributed by atoms with E-state index < -0.39 is 0 Å².